The Kier molecular flexibility index (Phi) is 6.76. The van der Waals surface area contributed by atoms with Crippen LogP contribution in [0.5, 0.6) is 0 Å². The van der Waals surface area contributed by atoms with Gasteiger partial charge >= 0.3 is 0 Å². The molecule has 0 fully saturated rings. The average molecular weight is 529 g/mol. The van der Waals surface area contributed by atoms with Gasteiger partial charge in [0.25, 0.3) is 0 Å². The van der Waals surface area contributed by atoms with Gasteiger partial charge in [0.2, 0.25) is 5.82 Å². The number of Topliss-reactive ketones (excluding diaryl/α,β-unsaturated/α-hetero) is 1. The van der Waals surface area contributed by atoms with Crippen molar-refractivity contribution in [1.82, 2.24) is 0 Å². The van der Waals surface area contributed by atoms with E-state index in [9.17, 15) is 26.7 Å². The van der Waals surface area contributed by atoms with E-state index in [-0.39, 0.29) is 17.2 Å². The van der Waals surface area contributed by atoms with Crippen LogP contribution in [0, 0.1) is 39.9 Å². The molecule has 1 heterocycles. The average Bonchev–Trinajstić information content (AvgIpc) is 3.26. The van der Waals surface area contributed by atoms with E-state index in [2.05, 4.69) is 10.2 Å². The van der Waals surface area contributed by atoms with Gasteiger partial charge in [0.05, 0.1) is 0 Å². The number of fused-ring (bicyclic) bond motifs is 1. The van der Waals surface area contributed by atoms with Crippen LogP contribution < -0.4 is 0 Å². The molecule has 1 aromatic heterocycles. The lowest BCUT2D eigenvalue weighted by molar-refractivity contribution is -0.114. The zero-order valence-electron chi connectivity index (χ0n) is 21.6. The lowest BCUT2D eigenvalue weighted by Crippen LogP contribution is -2.28. The van der Waals surface area contributed by atoms with Gasteiger partial charge in [-0.15, -0.1) is 10.2 Å². The SMILES string of the molecule is CC(C)(C)C1=CC(=C(N=Nc2c(F)c(F)c(F)c(F)c2F)c2cc3ccccc3o2)C=C(C(C)(C)C)C1=O. The largest absolute Gasteiger partial charge is 0.454 e. The van der Waals surface area contributed by atoms with E-state index in [1.807, 2.05) is 41.5 Å². The van der Waals surface area contributed by atoms with Gasteiger partial charge in [-0.25, -0.2) is 22.0 Å². The predicted octanol–water partition coefficient (Wildman–Crippen LogP) is 9.15. The van der Waals surface area contributed by atoms with Crippen LogP contribution in [0.25, 0.3) is 16.7 Å². The van der Waals surface area contributed by atoms with Crippen LogP contribution in [0.4, 0.5) is 27.6 Å². The normalized spacial score (nSPS) is 14.9. The van der Waals surface area contributed by atoms with Crippen LogP contribution in [-0.2, 0) is 4.79 Å². The number of para-hydroxylation sites is 1. The zero-order chi connectivity index (χ0) is 28.2. The topological polar surface area (TPSA) is 54.9 Å². The highest BCUT2D eigenvalue weighted by Gasteiger charge is 2.35. The molecule has 0 amide bonds. The highest BCUT2D eigenvalue weighted by Crippen LogP contribution is 2.42. The number of carbonyl (C=O) groups is 1. The molecule has 0 unspecified atom stereocenters. The first-order valence-corrected chi connectivity index (χ1v) is 11.8. The van der Waals surface area contributed by atoms with Gasteiger partial charge in [-0.2, -0.15) is 0 Å². The minimum absolute atomic E-state index is 0.0545. The van der Waals surface area contributed by atoms with Gasteiger partial charge in [0, 0.05) is 22.1 Å². The third-order valence-electron chi connectivity index (χ3n) is 6.07. The van der Waals surface area contributed by atoms with Gasteiger partial charge in [0.1, 0.15) is 11.3 Å². The Morgan fingerprint density at radius 1 is 0.763 bits per heavy atom. The maximum Gasteiger partial charge on any atom is 0.200 e. The first-order valence-electron chi connectivity index (χ1n) is 11.8. The first-order chi connectivity index (χ1) is 17.6. The van der Waals surface area contributed by atoms with Crippen molar-refractivity contribution >= 4 is 28.1 Å². The Morgan fingerprint density at radius 2 is 1.26 bits per heavy atom. The lowest BCUT2D eigenvalue weighted by Gasteiger charge is -2.31. The van der Waals surface area contributed by atoms with Crippen LogP contribution in [-0.4, -0.2) is 5.78 Å². The summed E-state index contributed by atoms with van der Waals surface area (Å²) in [6.07, 6.45) is 3.16. The molecule has 0 saturated carbocycles. The molecule has 0 N–H and O–H groups in total. The van der Waals surface area contributed by atoms with Crippen molar-refractivity contribution in [2.75, 3.05) is 0 Å². The molecule has 198 valence electrons. The molecule has 1 aliphatic rings. The van der Waals surface area contributed by atoms with E-state index in [4.69, 9.17) is 4.42 Å². The molecule has 0 radical (unpaired) electrons. The van der Waals surface area contributed by atoms with Crippen molar-refractivity contribution in [3.05, 3.63) is 94.0 Å². The molecule has 4 rings (SSSR count). The van der Waals surface area contributed by atoms with Crippen LogP contribution in [0.3, 0.4) is 0 Å². The van der Waals surface area contributed by atoms with E-state index < -0.39 is 45.6 Å². The van der Waals surface area contributed by atoms with Gasteiger partial charge in [0.15, 0.2) is 40.5 Å². The van der Waals surface area contributed by atoms with Crippen LogP contribution >= 0.6 is 0 Å². The van der Waals surface area contributed by atoms with Crippen molar-refractivity contribution in [1.29, 1.82) is 0 Å². The molecule has 1 aliphatic carbocycles. The summed E-state index contributed by atoms with van der Waals surface area (Å²) in [5.41, 5.74) is -0.997. The number of allylic oxidation sites excluding steroid dienone is 5. The predicted molar refractivity (Wildman–Crippen MR) is 134 cm³/mol. The second-order valence-electron chi connectivity index (χ2n) is 11.0. The van der Waals surface area contributed by atoms with Crippen molar-refractivity contribution in [3.8, 4) is 0 Å². The summed E-state index contributed by atoms with van der Waals surface area (Å²) in [6, 6.07) is 8.59. The van der Waals surface area contributed by atoms with Crippen LogP contribution in [0.1, 0.15) is 47.3 Å². The number of rotatable bonds is 3. The summed E-state index contributed by atoms with van der Waals surface area (Å²) in [4.78, 5) is 13.4. The smallest absolute Gasteiger partial charge is 0.200 e. The lowest BCUT2D eigenvalue weighted by atomic mass is 9.71. The van der Waals surface area contributed by atoms with E-state index in [0.29, 0.717) is 27.7 Å². The Hall–Kier alpha value is -3.88. The van der Waals surface area contributed by atoms with E-state index >= 15 is 0 Å². The summed E-state index contributed by atoms with van der Waals surface area (Å²) < 4.78 is 75.8. The van der Waals surface area contributed by atoms with Gasteiger partial charge in [-0.1, -0.05) is 59.7 Å². The number of nitrogens with zero attached hydrogens (tertiary/aromatic N) is 2. The summed E-state index contributed by atoms with van der Waals surface area (Å²) in [5.74, 6) is -10.8. The Balaban J connectivity index is 2.05. The number of hydrogen-bond acceptors (Lipinski definition) is 4. The Morgan fingerprint density at radius 3 is 1.76 bits per heavy atom. The maximum atomic E-state index is 14.4. The summed E-state index contributed by atoms with van der Waals surface area (Å²) in [5, 5.41) is 8.08. The van der Waals surface area contributed by atoms with Crippen molar-refractivity contribution in [2.24, 2.45) is 21.1 Å². The number of hydrogen-bond donors (Lipinski definition) is 0. The van der Waals surface area contributed by atoms with Gasteiger partial charge in [-0.05, 0) is 35.1 Å². The highest BCUT2D eigenvalue weighted by molar-refractivity contribution is 6.12. The fraction of sp³-hybridized carbons (Fsp3) is 0.276. The molecule has 0 saturated heterocycles. The van der Waals surface area contributed by atoms with Crippen LogP contribution in [0.15, 0.2) is 73.8 Å². The Bertz CT molecular complexity index is 1500. The molecular formula is C29H25F5N2O2. The minimum Gasteiger partial charge on any atom is -0.454 e. The van der Waals surface area contributed by atoms with Crippen molar-refractivity contribution < 1.29 is 31.2 Å². The molecular weight excluding hydrogens is 503 g/mol. The molecule has 38 heavy (non-hydrogen) atoms. The molecule has 0 spiro atoms. The van der Waals surface area contributed by atoms with Gasteiger partial charge in [-0.3, -0.25) is 4.79 Å². The van der Waals surface area contributed by atoms with E-state index in [0.717, 1.165) is 0 Å². The highest BCUT2D eigenvalue weighted by atomic mass is 19.2. The minimum atomic E-state index is -2.30. The number of benzene rings is 2. The monoisotopic (exact) mass is 528 g/mol. The number of carbonyl (C=O) groups excluding carboxylic acids is 1. The fourth-order valence-corrected chi connectivity index (χ4v) is 4.01. The first kappa shape index (κ1) is 27.2. The standard InChI is InChI=1S/C29H25F5N2O2/c1-28(2,3)16-11-15(12-17(27(16)37)29(4,5)6)25(19-13-14-9-7-8-10-18(14)38-19)35-36-26-23(33)21(31)20(30)22(32)24(26)34/h7-13H,1-6H3. The van der Waals surface area contributed by atoms with E-state index in [1.54, 1.807) is 42.5 Å². The fourth-order valence-electron chi connectivity index (χ4n) is 4.01. The number of halogens is 5. The second-order valence-corrected chi connectivity index (χ2v) is 11.0. The quantitative estimate of drug-likeness (QED) is 0.147. The van der Waals surface area contributed by atoms with Gasteiger partial charge < -0.3 is 4.42 Å². The third-order valence-corrected chi connectivity index (χ3v) is 6.07. The van der Waals surface area contributed by atoms with E-state index in [1.165, 1.54) is 0 Å². The summed E-state index contributed by atoms with van der Waals surface area (Å²) in [6.45, 7) is 11.1. The second kappa shape index (κ2) is 9.45. The van der Waals surface area contributed by atoms with Crippen LogP contribution in [0.2, 0.25) is 0 Å². The summed E-state index contributed by atoms with van der Waals surface area (Å²) >= 11 is 0. The molecule has 0 atom stereocenters. The molecule has 4 nitrogen and oxygen atoms in total. The molecule has 2 aromatic carbocycles. The number of azo groups is 1. The zero-order valence-corrected chi connectivity index (χ0v) is 21.6. The molecule has 3 aromatic rings. The number of ketones is 1. The Labute approximate surface area is 216 Å². The molecule has 0 aliphatic heterocycles. The molecule has 0 bridgehead atoms. The van der Waals surface area contributed by atoms with Crippen molar-refractivity contribution in [3.63, 3.8) is 0 Å². The third kappa shape index (κ3) is 4.85. The maximum absolute atomic E-state index is 14.4. The summed E-state index contributed by atoms with van der Waals surface area (Å²) in [7, 11) is 0. The van der Waals surface area contributed by atoms with Crippen molar-refractivity contribution in [2.45, 2.75) is 41.5 Å². The molecule has 9 heteroatoms. The number of furan rings is 1.